The van der Waals surface area contributed by atoms with Crippen molar-refractivity contribution in [1.29, 1.82) is 0 Å². The highest BCUT2D eigenvalue weighted by atomic mass is 16.5. The Morgan fingerprint density at radius 3 is 1.85 bits per heavy atom. The summed E-state index contributed by atoms with van der Waals surface area (Å²) >= 11 is 0. The van der Waals surface area contributed by atoms with Crippen molar-refractivity contribution in [2.75, 3.05) is 39.5 Å². The van der Waals surface area contributed by atoms with Crippen molar-refractivity contribution >= 4 is 5.91 Å². The molecule has 3 rings (SSSR count). The van der Waals surface area contributed by atoms with E-state index in [0.29, 0.717) is 62.3 Å². The van der Waals surface area contributed by atoms with E-state index in [9.17, 15) is 4.79 Å². The van der Waals surface area contributed by atoms with E-state index in [1.54, 1.807) is 12.1 Å². The molecule has 0 N–H and O–H groups in total. The molecule has 0 aliphatic carbocycles. The molecule has 7 nitrogen and oxygen atoms in total. The van der Waals surface area contributed by atoms with Crippen LogP contribution in [0.5, 0.6) is 28.7 Å². The zero-order valence-electron chi connectivity index (χ0n) is 20.1. The molecule has 33 heavy (non-hydrogen) atoms. The fourth-order valence-electron chi connectivity index (χ4n) is 3.87. The van der Waals surface area contributed by atoms with E-state index < -0.39 is 0 Å². The highest BCUT2D eigenvalue weighted by molar-refractivity contribution is 5.95. The molecule has 0 unspecified atom stereocenters. The first kappa shape index (κ1) is 24.6. The maximum atomic E-state index is 13.3. The molecule has 1 saturated heterocycles. The number of ether oxygens (including phenoxy) is 5. The highest BCUT2D eigenvalue weighted by Gasteiger charge is 2.27. The number of para-hydroxylation sites is 2. The van der Waals surface area contributed by atoms with Crippen LogP contribution in [0.4, 0.5) is 0 Å². The molecule has 0 bridgehead atoms. The number of piperidine rings is 1. The first-order valence-electron chi connectivity index (χ1n) is 11.8. The van der Waals surface area contributed by atoms with Crippen LogP contribution in [0, 0.1) is 0 Å². The summed E-state index contributed by atoms with van der Waals surface area (Å²) in [5.41, 5.74) is 0.534. The molecule has 2 aromatic rings. The zero-order valence-corrected chi connectivity index (χ0v) is 20.1. The van der Waals surface area contributed by atoms with Gasteiger partial charge in [-0.25, -0.2) is 0 Å². The van der Waals surface area contributed by atoms with Gasteiger partial charge in [-0.1, -0.05) is 12.1 Å². The van der Waals surface area contributed by atoms with Crippen molar-refractivity contribution in [3.63, 3.8) is 0 Å². The monoisotopic (exact) mass is 457 g/mol. The summed E-state index contributed by atoms with van der Waals surface area (Å²) < 4.78 is 29.1. The molecule has 0 saturated carbocycles. The lowest BCUT2D eigenvalue weighted by molar-refractivity contribution is 0.0588. The SMILES string of the molecule is CCOc1ccccc1OC1CCN(C(=O)c2cc(OCC)c(OCC)c(OCC)c2)CC1. The van der Waals surface area contributed by atoms with Crippen molar-refractivity contribution < 1.29 is 28.5 Å². The molecule has 0 radical (unpaired) electrons. The van der Waals surface area contributed by atoms with Crippen molar-refractivity contribution in [3.8, 4) is 28.7 Å². The smallest absolute Gasteiger partial charge is 0.254 e. The van der Waals surface area contributed by atoms with Crippen molar-refractivity contribution in [3.05, 3.63) is 42.0 Å². The normalized spacial score (nSPS) is 14.0. The molecule has 0 spiro atoms. The maximum absolute atomic E-state index is 13.3. The van der Waals surface area contributed by atoms with Gasteiger partial charge >= 0.3 is 0 Å². The van der Waals surface area contributed by atoms with Crippen LogP contribution in [-0.4, -0.2) is 56.4 Å². The van der Waals surface area contributed by atoms with Crippen LogP contribution in [0.3, 0.4) is 0 Å². The van der Waals surface area contributed by atoms with Crippen LogP contribution in [0.15, 0.2) is 36.4 Å². The average Bonchev–Trinajstić information content (AvgIpc) is 2.83. The van der Waals surface area contributed by atoms with E-state index in [-0.39, 0.29) is 12.0 Å². The van der Waals surface area contributed by atoms with Crippen LogP contribution in [0.25, 0.3) is 0 Å². The van der Waals surface area contributed by atoms with Crippen LogP contribution in [0.2, 0.25) is 0 Å². The zero-order chi connectivity index (χ0) is 23.6. The summed E-state index contributed by atoms with van der Waals surface area (Å²) in [5.74, 6) is 3.04. The Kier molecular flexibility index (Phi) is 9.10. The van der Waals surface area contributed by atoms with Gasteiger partial charge in [0.05, 0.1) is 26.4 Å². The fraction of sp³-hybridized carbons (Fsp3) is 0.500. The summed E-state index contributed by atoms with van der Waals surface area (Å²) in [7, 11) is 0. The molecular formula is C26H35NO6. The molecular weight excluding hydrogens is 422 g/mol. The molecule has 1 amide bonds. The Balaban J connectivity index is 1.70. The first-order valence-corrected chi connectivity index (χ1v) is 11.8. The third kappa shape index (κ3) is 6.24. The van der Waals surface area contributed by atoms with E-state index in [1.165, 1.54) is 0 Å². The van der Waals surface area contributed by atoms with Crippen molar-refractivity contribution in [2.45, 2.75) is 46.6 Å². The largest absolute Gasteiger partial charge is 0.490 e. The standard InChI is InChI=1S/C26H35NO6/c1-5-29-21-11-9-10-12-22(21)33-20-13-15-27(16-14-20)26(28)19-17-23(30-6-2)25(32-8-4)24(18-19)31-7-3/h9-12,17-18,20H,5-8,13-16H2,1-4H3. The third-order valence-corrected chi connectivity index (χ3v) is 5.33. The highest BCUT2D eigenvalue weighted by Crippen LogP contribution is 2.39. The lowest BCUT2D eigenvalue weighted by atomic mass is 10.1. The minimum absolute atomic E-state index is 0.0361. The number of carbonyl (C=O) groups excluding carboxylic acids is 1. The van der Waals surface area contributed by atoms with E-state index in [1.807, 2.05) is 56.9 Å². The fourth-order valence-corrected chi connectivity index (χ4v) is 3.87. The Labute approximate surface area is 196 Å². The molecule has 1 aliphatic heterocycles. The Hall–Kier alpha value is -3.09. The number of nitrogens with zero attached hydrogens (tertiary/aromatic N) is 1. The van der Waals surface area contributed by atoms with E-state index in [4.69, 9.17) is 23.7 Å². The number of amides is 1. The summed E-state index contributed by atoms with van der Waals surface area (Å²) in [4.78, 5) is 15.2. The van der Waals surface area contributed by atoms with Gasteiger partial charge in [-0.3, -0.25) is 4.79 Å². The van der Waals surface area contributed by atoms with Crippen LogP contribution in [0.1, 0.15) is 50.9 Å². The second kappa shape index (κ2) is 12.2. The number of hydrogen-bond acceptors (Lipinski definition) is 6. The number of likely N-dealkylation sites (tertiary alicyclic amines) is 1. The molecule has 7 heteroatoms. The average molecular weight is 458 g/mol. The summed E-state index contributed by atoms with van der Waals surface area (Å²) in [6, 6.07) is 11.2. The molecule has 1 heterocycles. The van der Waals surface area contributed by atoms with E-state index >= 15 is 0 Å². The topological polar surface area (TPSA) is 66.5 Å². The summed E-state index contributed by atoms with van der Waals surface area (Å²) in [6.07, 6.45) is 1.54. The molecule has 180 valence electrons. The van der Waals surface area contributed by atoms with Crippen LogP contribution < -0.4 is 23.7 Å². The minimum Gasteiger partial charge on any atom is -0.490 e. The molecule has 1 fully saturated rings. The lowest BCUT2D eigenvalue weighted by Gasteiger charge is -2.32. The number of carbonyl (C=O) groups is 1. The number of rotatable bonds is 11. The summed E-state index contributed by atoms with van der Waals surface area (Å²) in [6.45, 7) is 10.9. The molecule has 0 aromatic heterocycles. The van der Waals surface area contributed by atoms with Crippen LogP contribution in [-0.2, 0) is 0 Å². The second-order valence-electron chi connectivity index (χ2n) is 7.59. The van der Waals surface area contributed by atoms with Crippen LogP contribution >= 0.6 is 0 Å². The molecule has 1 aliphatic rings. The van der Waals surface area contributed by atoms with Gasteiger partial charge in [-0.2, -0.15) is 0 Å². The van der Waals surface area contributed by atoms with Crippen molar-refractivity contribution in [1.82, 2.24) is 4.90 Å². The van der Waals surface area contributed by atoms with E-state index in [2.05, 4.69) is 0 Å². The Bertz CT molecular complexity index is 880. The third-order valence-electron chi connectivity index (χ3n) is 5.33. The van der Waals surface area contributed by atoms with Crippen molar-refractivity contribution in [2.24, 2.45) is 0 Å². The Morgan fingerprint density at radius 1 is 0.788 bits per heavy atom. The van der Waals surface area contributed by atoms with Gasteiger partial charge in [0.2, 0.25) is 5.75 Å². The van der Waals surface area contributed by atoms with Gasteiger partial charge in [0.1, 0.15) is 6.10 Å². The Morgan fingerprint density at radius 2 is 1.30 bits per heavy atom. The maximum Gasteiger partial charge on any atom is 0.254 e. The summed E-state index contributed by atoms with van der Waals surface area (Å²) in [5, 5.41) is 0. The predicted molar refractivity (Wildman–Crippen MR) is 127 cm³/mol. The van der Waals surface area contributed by atoms with Gasteiger partial charge in [0, 0.05) is 31.5 Å². The first-order chi connectivity index (χ1) is 16.1. The quantitative estimate of drug-likeness (QED) is 0.475. The predicted octanol–water partition coefficient (Wildman–Crippen LogP) is 4.97. The van der Waals surface area contributed by atoms with Gasteiger partial charge in [0.25, 0.3) is 5.91 Å². The molecule has 0 atom stereocenters. The van der Waals surface area contributed by atoms with Gasteiger partial charge in [-0.05, 0) is 52.0 Å². The second-order valence-corrected chi connectivity index (χ2v) is 7.59. The van der Waals surface area contributed by atoms with Gasteiger partial charge in [0.15, 0.2) is 23.0 Å². The van der Waals surface area contributed by atoms with Gasteiger partial charge in [-0.15, -0.1) is 0 Å². The lowest BCUT2D eigenvalue weighted by Crippen LogP contribution is -2.41. The number of benzene rings is 2. The van der Waals surface area contributed by atoms with Gasteiger partial charge < -0.3 is 28.6 Å². The van der Waals surface area contributed by atoms with E-state index in [0.717, 1.165) is 24.3 Å². The minimum atomic E-state index is -0.0480. The number of hydrogen-bond donors (Lipinski definition) is 0. The molecule has 2 aromatic carbocycles.